The first-order valence-corrected chi connectivity index (χ1v) is 6.19. The molecular formula is C13H14ClN3O. The molecule has 0 radical (unpaired) electrons. The van der Waals surface area contributed by atoms with Crippen LogP contribution in [0.5, 0.6) is 0 Å². The van der Waals surface area contributed by atoms with Gasteiger partial charge in [-0.15, -0.1) is 0 Å². The number of halogens is 1. The van der Waals surface area contributed by atoms with Crippen LogP contribution in [0.15, 0.2) is 24.7 Å². The lowest BCUT2D eigenvalue weighted by molar-refractivity contribution is 0.102. The zero-order valence-corrected chi connectivity index (χ0v) is 11.1. The van der Waals surface area contributed by atoms with E-state index in [1.54, 1.807) is 23.1 Å². The number of rotatable bonds is 4. The Morgan fingerprint density at radius 1 is 1.39 bits per heavy atom. The van der Waals surface area contributed by atoms with E-state index < -0.39 is 0 Å². The molecule has 18 heavy (non-hydrogen) atoms. The monoisotopic (exact) mass is 263 g/mol. The maximum absolute atomic E-state index is 12.4. The van der Waals surface area contributed by atoms with Gasteiger partial charge in [-0.05, 0) is 25.0 Å². The van der Waals surface area contributed by atoms with Crippen molar-refractivity contribution in [3.63, 3.8) is 0 Å². The average molecular weight is 264 g/mol. The van der Waals surface area contributed by atoms with Crippen molar-refractivity contribution in [2.75, 3.05) is 0 Å². The van der Waals surface area contributed by atoms with E-state index in [0.717, 1.165) is 12.0 Å². The Hall–Kier alpha value is -1.68. The molecule has 0 N–H and O–H groups in total. The summed E-state index contributed by atoms with van der Waals surface area (Å²) < 4.78 is 1.65. The van der Waals surface area contributed by atoms with Crippen molar-refractivity contribution >= 4 is 17.4 Å². The molecule has 2 heterocycles. The van der Waals surface area contributed by atoms with Crippen LogP contribution in [0.1, 0.15) is 35.0 Å². The molecule has 0 atom stereocenters. The number of carbonyl (C=O) groups is 1. The molecule has 2 rings (SSSR count). The van der Waals surface area contributed by atoms with Crippen molar-refractivity contribution in [2.45, 2.75) is 26.8 Å². The predicted octanol–water partition coefficient (Wildman–Crippen LogP) is 2.88. The van der Waals surface area contributed by atoms with Crippen molar-refractivity contribution in [2.24, 2.45) is 0 Å². The van der Waals surface area contributed by atoms with Gasteiger partial charge in [-0.25, -0.2) is 0 Å². The molecule has 0 aliphatic heterocycles. The Bertz CT molecular complexity index is 577. The Kier molecular flexibility index (Phi) is 3.77. The molecule has 0 aromatic carbocycles. The van der Waals surface area contributed by atoms with Crippen LogP contribution in [0.25, 0.3) is 0 Å². The van der Waals surface area contributed by atoms with E-state index in [-0.39, 0.29) is 5.78 Å². The number of aryl methyl sites for hydroxylation is 2. The number of hydrogen-bond acceptors (Lipinski definition) is 3. The van der Waals surface area contributed by atoms with Gasteiger partial charge in [0.1, 0.15) is 5.69 Å². The van der Waals surface area contributed by atoms with Crippen LogP contribution < -0.4 is 0 Å². The summed E-state index contributed by atoms with van der Waals surface area (Å²) in [6, 6.07) is 1.80. The number of carbonyl (C=O) groups excluding carboxylic acids is 1. The maximum atomic E-state index is 12.4. The topological polar surface area (TPSA) is 47.8 Å². The molecule has 0 spiro atoms. The van der Waals surface area contributed by atoms with E-state index in [9.17, 15) is 4.79 Å². The fourth-order valence-corrected chi connectivity index (χ4v) is 2.01. The second kappa shape index (κ2) is 5.31. The standard InChI is InChI=1S/C13H14ClN3O/c1-3-4-17-12(11(14)8-16-17)13(18)10-5-9(2)6-15-7-10/h5-8H,3-4H2,1-2H3. The molecule has 2 aromatic rings. The van der Waals surface area contributed by atoms with Crippen molar-refractivity contribution in [1.82, 2.24) is 14.8 Å². The Labute approximate surface area is 111 Å². The van der Waals surface area contributed by atoms with Crippen LogP contribution in [-0.2, 0) is 6.54 Å². The average Bonchev–Trinajstić information content (AvgIpc) is 2.70. The van der Waals surface area contributed by atoms with E-state index in [1.165, 1.54) is 6.20 Å². The van der Waals surface area contributed by atoms with Crippen LogP contribution >= 0.6 is 11.6 Å². The number of hydrogen-bond donors (Lipinski definition) is 0. The largest absolute Gasteiger partial charge is 0.287 e. The van der Waals surface area contributed by atoms with Gasteiger partial charge in [-0.3, -0.25) is 14.5 Å². The summed E-state index contributed by atoms with van der Waals surface area (Å²) >= 11 is 6.04. The van der Waals surface area contributed by atoms with Crippen LogP contribution in [0, 0.1) is 6.92 Å². The summed E-state index contributed by atoms with van der Waals surface area (Å²) in [5.41, 5.74) is 1.92. The third-order valence-corrected chi connectivity index (χ3v) is 2.86. The minimum atomic E-state index is -0.137. The van der Waals surface area contributed by atoms with Crippen LogP contribution in [0.2, 0.25) is 5.02 Å². The molecule has 0 amide bonds. The minimum Gasteiger partial charge on any atom is -0.287 e. The van der Waals surface area contributed by atoms with Gasteiger partial charge >= 0.3 is 0 Å². The molecule has 0 fully saturated rings. The van der Waals surface area contributed by atoms with Crippen molar-refractivity contribution < 1.29 is 4.79 Å². The number of ketones is 1. The molecule has 5 heteroatoms. The smallest absolute Gasteiger partial charge is 0.214 e. The van der Waals surface area contributed by atoms with Crippen molar-refractivity contribution in [3.05, 3.63) is 46.5 Å². The fourth-order valence-electron chi connectivity index (χ4n) is 1.79. The Morgan fingerprint density at radius 3 is 2.83 bits per heavy atom. The SMILES string of the molecule is CCCn1ncc(Cl)c1C(=O)c1cncc(C)c1. The summed E-state index contributed by atoms with van der Waals surface area (Å²) in [5, 5.41) is 4.50. The van der Waals surface area contributed by atoms with E-state index in [4.69, 9.17) is 11.6 Å². The lowest BCUT2D eigenvalue weighted by Gasteiger charge is -2.06. The molecule has 0 aliphatic rings. The summed E-state index contributed by atoms with van der Waals surface area (Å²) in [6.45, 7) is 4.60. The van der Waals surface area contributed by atoms with E-state index in [0.29, 0.717) is 22.8 Å². The Morgan fingerprint density at radius 2 is 2.17 bits per heavy atom. The Balaban J connectivity index is 2.42. The molecule has 0 aliphatic carbocycles. The van der Waals surface area contributed by atoms with Gasteiger partial charge in [-0.1, -0.05) is 18.5 Å². The summed E-state index contributed by atoms with van der Waals surface area (Å²) in [5.74, 6) is -0.137. The molecule has 0 saturated heterocycles. The summed E-state index contributed by atoms with van der Waals surface area (Å²) in [4.78, 5) is 16.4. The van der Waals surface area contributed by atoms with E-state index in [2.05, 4.69) is 10.1 Å². The minimum absolute atomic E-state index is 0.137. The van der Waals surface area contributed by atoms with Crippen molar-refractivity contribution in [3.8, 4) is 0 Å². The zero-order chi connectivity index (χ0) is 13.1. The molecule has 0 bridgehead atoms. The number of nitrogens with zero attached hydrogens (tertiary/aromatic N) is 3. The first kappa shape index (κ1) is 12.8. The zero-order valence-electron chi connectivity index (χ0n) is 10.4. The van der Waals surface area contributed by atoms with Gasteiger partial charge in [0, 0.05) is 24.5 Å². The number of aromatic nitrogens is 3. The highest BCUT2D eigenvalue weighted by atomic mass is 35.5. The molecule has 0 unspecified atom stereocenters. The molecule has 94 valence electrons. The van der Waals surface area contributed by atoms with Gasteiger partial charge in [0.2, 0.25) is 5.78 Å². The third-order valence-electron chi connectivity index (χ3n) is 2.58. The molecular weight excluding hydrogens is 250 g/mol. The van der Waals surface area contributed by atoms with Gasteiger partial charge in [0.25, 0.3) is 0 Å². The highest BCUT2D eigenvalue weighted by Crippen LogP contribution is 2.19. The van der Waals surface area contributed by atoms with Crippen LogP contribution in [-0.4, -0.2) is 20.5 Å². The molecule has 4 nitrogen and oxygen atoms in total. The number of pyridine rings is 1. The van der Waals surface area contributed by atoms with Gasteiger partial charge < -0.3 is 0 Å². The lowest BCUT2D eigenvalue weighted by Crippen LogP contribution is -2.12. The van der Waals surface area contributed by atoms with E-state index >= 15 is 0 Å². The second-order valence-corrected chi connectivity index (χ2v) is 4.55. The van der Waals surface area contributed by atoms with Crippen LogP contribution in [0.4, 0.5) is 0 Å². The maximum Gasteiger partial charge on any atom is 0.214 e. The fraction of sp³-hybridized carbons (Fsp3) is 0.308. The first-order chi connectivity index (χ1) is 8.63. The highest BCUT2D eigenvalue weighted by molar-refractivity contribution is 6.34. The first-order valence-electron chi connectivity index (χ1n) is 5.81. The second-order valence-electron chi connectivity index (χ2n) is 4.14. The van der Waals surface area contributed by atoms with Gasteiger partial charge in [-0.2, -0.15) is 5.10 Å². The quantitative estimate of drug-likeness (QED) is 0.797. The van der Waals surface area contributed by atoms with Crippen molar-refractivity contribution in [1.29, 1.82) is 0 Å². The highest BCUT2D eigenvalue weighted by Gasteiger charge is 2.19. The summed E-state index contributed by atoms with van der Waals surface area (Å²) in [6.07, 6.45) is 5.66. The van der Waals surface area contributed by atoms with Gasteiger partial charge in [0.15, 0.2) is 0 Å². The molecule has 2 aromatic heterocycles. The predicted molar refractivity (Wildman–Crippen MR) is 69.9 cm³/mol. The van der Waals surface area contributed by atoms with Crippen LogP contribution in [0.3, 0.4) is 0 Å². The lowest BCUT2D eigenvalue weighted by atomic mass is 10.1. The normalized spacial score (nSPS) is 10.6. The van der Waals surface area contributed by atoms with Gasteiger partial charge in [0.05, 0.1) is 11.2 Å². The third kappa shape index (κ3) is 2.43. The molecule has 0 saturated carbocycles. The summed E-state index contributed by atoms with van der Waals surface area (Å²) in [7, 11) is 0. The van der Waals surface area contributed by atoms with E-state index in [1.807, 2.05) is 13.8 Å².